The molecule has 0 bridgehead atoms. The van der Waals surface area contributed by atoms with Gasteiger partial charge in [0, 0.05) is 6.08 Å². The van der Waals surface area contributed by atoms with Crippen molar-refractivity contribution in [3.63, 3.8) is 0 Å². The Hall–Kier alpha value is -1.30. The SMILES string of the molecule is O=C(O)/C=C/c1csc(C(F)(F)F)c1. The third-order valence-corrected chi connectivity index (χ3v) is 2.31. The fourth-order valence-corrected chi connectivity index (χ4v) is 1.50. The third-order valence-electron chi connectivity index (χ3n) is 1.32. The third kappa shape index (κ3) is 2.88. The summed E-state index contributed by atoms with van der Waals surface area (Å²) in [4.78, 5) is 9.34. The lowest BCUT2D eigenvalue weighted by Gasteiger charge is -1.99. The number of alkyl halides is 3. The second-order valence-corrected chi connectivity index (χ2v) is 3.32. The number of carboxylic acid groups (broad SMARTS) is 1. The molecule has 0 atom stereocenters. The molecule has 1 heterocycles. The zero-order chi connectivity index (χ0) is 10.8. The lowest BCUT2D eigenvalue weighted by molar-refractivity contribution is -0.134. The average Bonchev–Trinajstić information content (AvgIpc) is 2.47. The maximum Gasteiger partial charge on any atom is 0.425 e. The Morgan fingerprint density at radius 3 is 2.57 bits per heavy atom. The summed E-state index contributed by atoms with van der Waals surface area (Å²) in [7, 11) is 0. The summed E-state index contributed by atoms with van der Waals surface area (Å²) < 4.78 is 36.2. The van der Waals surface area contributed by atoms with Crippen LogP contribution in [-0.2, 0) is 11.0 Å². The molecule has 6 heteroatoms. The number of hydrogen-bond donors (Lipinski definition) is 1. The van der Waals surface area contributed by atoms with Crippen molar-refractivity contribution in [3.05, 3.63) is 28.0 Å². The minimum Gasteiger partial charge on any atom is -0.478 e. The molecule has 1 rings (SSSR count). The van der Waals surface area contributed by atoms with Gasteiger partial charge in [0.15, 0.2) is 0 Å². The van der Waals surface area contributed by atoms with Crippen molar-refractivity contribution in [2.24, 2.45) is 0 Å². The van der Waals surface area contributed by atoms with Crippen LogP contribution in [0.3, 0.4) is 0 Å². The fourth-order valence-electron chi connectivity index (χ4n) is 0.754. The van der Waals surface area contributed by atoms with Gasteiger partial charge >= 0.3 is 12.1 Å². The second kappa shape index (κ2) is 3.83. The predicted octanol–water partition coefficient (Wildman–Crippen LogP) is 2.86. The van der Waals surface area contributed by atoms with Crippen LogP contribution in [0.2, 0.25) is 0 Å². The van der Waals surface area contributed by atoms with Crippen LogP contribution in [0.25, 0.3) is 6.08 Å². The first kappa shape index (κ1) is 10.8. The lowest BCUT2D eigenvalue weighted by atomic mass is 10.3. The van der Waals surface area contributed by atoms with Crippen LogP contribution in [0.5, 0.6) is 0 Å². The van der Waals surface area contributed by atoms with Crippen LogP contribution in [0.4, 0.5) is 13.2 Å². The number of aliphatic carboxylic acids is 1. The van der Waals surface area contributed by atoms with Gasteiger partial charge in [0.05, 0.1) is 0 Å². The van der Waals surface area contributed by atoms with Gasteiger partial charge in [-0.05, 0) is 23.1 Å². The Labute approximate surface area is 81.3 Å². The maximum atomic E-state index is 12.1. The van der Waals surface area contributed by atoms with E-state index in [1.165, 1.54) is 5.38 Å². The first-order valence-corrected chi connectivity index (χ1v) is 4.34. The van der Waals surface area contributed by atoms with Crippen LogP contribution in [-0.4, -0.2) is 11.1 Å². The van der Waals surface area contributed by atoms with E-state index in [0.717, 1.165) is 18.2 Å². The van der Waals surface area contributed by atoms with Gasteiger partial charge in [0.1, 0.15) is 4.88 Å². The van der Waals surface area contributed by atoms with Crippen LogP contribution in [0.1, 0.15) is 10.4 Å². The molecule has 0 aromatic carbocycles. The molecule has 76 valence electrons. The Balaban J connectivity index is 2.84. The van der Waals surface area contributed by atoms with E-state index in [-0.39, 0.29) is 5.56 Å². The van der Waals surface area contributed by atoms with Crippen molar-refractivity contribution in [2.45, 2.75) is 6.18 Å². The second-order valence-electron chi connectivity index (χ2n) is 2.41. The lowest BCUT2D eigenvalue weighted by Crippen LogP contribution is -2.00. The summed E-state index contributed by atoms with van der Waals surface area (Å²) in [6.45, 7) is 0. The average molecular weight is 222 g/mol. The Kier molecular flexibility index (Phi) is 2.95. The van der Waals surface area contributed by atoms with Crippen molar-refractivity contribution in [2.75, 3.05) is 0 Å². The van der Waals surface area contributed by atoms with Gasteiger partial charge in [0.25, 0.3) is 0 Å². The molecule has 1 aromatic rings. The van der Waals surface area contributed by atoms with E-state index in [4.69, 9.17) is 5.11 Å². The molecule has 0 spiro atoms. The highest BCUT2D eigenvalue weighted by molar-refractivity contribution is 7.10. The highest BCUT2D eigenvalue weighted by Gasteiger charge is 2.32. The summed E-state index contributed by atoms with van der Waals surface area (Å²) in [5.41, 5.74) is 0.240. The smallest absolute Gasteiger partial charge is 0.425 e. The molecule has 1 aromatic heterocycles. The van der Waals surface area contributed by atoms with Gasteiger partial charge in [-0.15, -0.1) is 11.3 Å². The van der Waals surface area contributed by atoms with E-state index in [9.17, 15) is 18.0 Å². The van der Waals surface area contributed by atoms with E-state index in [1.54, 1.807) is 0 Å². The molecule has 14 heavy (non-hydrogen) atoms. The molecule has 1 N–H and O–H groups in total. The van der Waals surface area contributed by atoms with Crippen molar-refractivity contribution < 1.29 is 23.1 Å². The first-order chi connectivity index (χ1) is 6.39. The fraction of sp³-hybridized carbons (Fsp3) is 0.125. The van der Waals surface area contributed by atoms with Crippen LogP contribution in [0.15, 0.2) is 17.5 Å². The predicted molar refractivity (Wildman–Crippen MR) is 46.0 cm³/mol. The minimum absolute atomic E-state index is 0.240. The highest BCUT2D eigenvalue weighted by atomic mass is 32.1. The summed E-state index contributed by atoms with van der Waals surface area (Å²) in [6.07, 6.45) is -2.45. The number of halogens is 3. The number of thiophene rings is 1. The Bertz CT molecular complexity index is 365. The van der Waals surface area contributed by atoms with Gasteiger partial charge in [-0.2, -0.15) is 13.2 Å². The molecule has 0 saturated carbocycles. The van der Waals surface area contributed by atoms with Gasteiger partial charge in [0.2, 0.25) is 0 Å². The molecule has 0 aliphatic carbocycles. The van der Waals surface area contributed by atoms with Crippen LogP contribution < -0.4 is 0 Å². The Morgan fingerprint density at radius 2 is 2.14 bits per heavy atom. The molecular formula is C8H5F3O2S. The molecule has 0 aliphatic heterocycles. The van der Waals surface area contributed by atoms with Gasteiger partial charge in [-0.3, -0.25) is 0 Å². The van der Waals surface area contributed by atoms with E-state index in [2.05, 4.69) is 0 Å². The first-order valence-electron chi connectivity index (χ1n) is 3.46. The zero-order valence-electron chi connectivity index (χ0n) is 6.71. The molecule has 0 radical (unpaired) electrons. The largest absolute Gasteiger partial charge is 0.478 e. The summed E-state index contributed by atoms with van der Waals surface area (Å²) in [5, 5.41) is 9.49. The molecule has 0 saturated heterocycles. The zero-order valence-corrected chi connectivity index (χ0v) is 7.52. The monoisotopic (exact) mass is 222 g/mol. The molecule has 0 fully saturated rings. The molecule has 0 amide bonds. The highest BCUT2D eigenvalue weighted by Crippen LogP contribution is 2.34. The van der Waals surface area contributed by atoms with Gasteiger partial charge in [-0.25, -0.2) is 4.79 Å². The van der Waals surface area contributed by atoms with Crippen molar-refractivity contribution in [1.29, 1.82) is 0 Å². The molecule has 2 nitrogen and oxygen atoms in total. The molecular weight excluding hydrogens is 217 g/mol. The van der Waals surface area contributed by atoms with Crippen molar-refractivity contribution >= 4 is 23.4 Å². The Morgan fingerprint density at radius 1 is 1.50 bits per heavy atom. The van der Waals surface area contributed by atoms with Gasteiger partial charge < -0.3 is 5.11 Å². The molecule has 0 aliphatic rings. The standard InChI is InChI=1S/C8H5F3O2S/c9-8(10,11)6-3-5(4-14-6)1-2-7(12)13/h1-4H,(H,12,13)/b2-1+. The summed E-state index contributed by atoms with van der Waals surface area (Å²) in [6, 6.07) is 0.907. The molecule has 0 unspecified atom stereocenters. The summed E-state index contributed by atoms with van der Waals surface area (Å²) >= 11 is 0.539. The number of rotatable bonds is 2. The maximum absolute atomic E-state index is 12.1. The van der Waals surface area contributed by atoms with E-state index in [1.807, 2.05) is 0 Å². The van der Waals surface area contributed by atoms with Crippen molar-refractivity contribution in [1.82, 2.24) is 0 Å². The van der Waals surface area contributed by atoms with E-state index >= 15 is 0 Å². The normalized spacial score (nSPS) is 12.2. The number of carbonyl (C=O) groups is 1. The van der Waals surface area contributed by atoms with E-state index < -0.39 is 17.0 Å². The summed E-state index contributed by atoms with van der Waals surface area (Å²) in [5.74, 6) is -1.19. The van der Waals surface area contributed by atoms with Crippen molar-refractivity contribution in [3.8, 4) is 0 Å². The topological polar surface area (TPSA) is 37.3 Å². The minimum atomic E-state index is -4.36. The number of hydrogen-bond acceptors (Lipinski definition) is 2. The van der Waals surface area contributed by atoms with Crippen LogP contribution in [0, 0.1) is 0 Å². The quantitative estimate of drug-likeness (QED) is 0.781. The van der Waals surface area contributed by atoms with Crippen LogP contribution >= 0.6 is 11.3 Å². The van der Waals surface area contributed by atoms with Gasteiger partial charge in [-0.1, -0.05) is 0 Å². The van der Waals surface area contributed by atoms with E-state index in [0.29, 0.717) is 11.3 Å². The number of carboxylic acids is 1.